The molecular weight excluding hydrogens is 445 g/mol. The molecule has 1 aromatic heterocycles. The molecule has 33 heavy (non-hydrogen) atoms. The van der Waals surface area contributed by atoms with Crippen molar-refractivity contribution in [2.45, 2.75) is 44.0 Å². The Balaban J connectivity index is 1.65. The first-order chi connectivity index (χ1) is 15.7. The largest absolute Gasteiger partial charge is 0.360 e. The maximum Gasteiger partial charge on any atom is 0.262 e. The smallest absolute Gasteiger partial charge is 0.262 e. The third-order valence-electron chi connectivity index (χ3n) is 6.55. The molecule has 3 atom stereocenters. The molecule has 0 spiro atoms. The maximum atomic E-state index is 13.9. The molecule has 0 bridgehead atoms. The minimum atomic E-state index is -4.16. The van der Waals surface area contributed by atoms with E-state index >= 15 is 0 Å². The van der Waals surface area contributed by atoms with Crippen LogP contribution in [0, 0.1) is 17.7 Å². The van der Waals surface area contributed by atoms with Crippen molar-refractivity contribution in [3.63, 3.8) is 0 Å². The van der Waals surface area contributed by atoms with Crippen molar-refractivity contribution >= 4 is 32.5 Å². The zero-order valence-electron chi connectivity index (χ0n) is 18.4. The number of nitrogens with one attached hydrogen (secondary N) is 3. The zero-order valence-corrected chi connectivity index (χ0v) is 19.2. The number of para-hydroxylation sites is 1. The number of fused-ring (bicyclic) bond motifs is 1. The third kappa shape index (κ3) is 4.64. The molecule has 9 heteroatoms. The van der Waals surface area contributed by atoms with E-state index in [0.717, 1.165) is 25.3 Å². The Kier molecular flexibility index (Phi) is 6.25. The molecule has 1 saturated carbocycles. The molecule has 1 amide bonds. The van der Waals surface area contributed by atoms with E-state index in [4.69, 9.17) is 0 Å². The second-order valence-corrected chi connectivity index (χ2v) is 10.4. The van der Waals surface area contributed by atoms with Gasteiger partial charge in [-0.25, -0.2) is 12.8 Å². The van der Waals surface area contributed by atoms with Crippen LogP contribution in [0.1, 0.15) is 43.5 Å². The number of hydrogen-bond donors (Lipinski definition) is 3. The van der Waals surface area contributed by atoms with Crippen LogP contribution in [0.4, 0.5) is 10.1 Å². The Morgan fingerprint density at radius 1 is 1.12 bits per heavy atom. The monoisotopic (exact) mass is 471 g/mol. The second-order valence-electron chi connectivity index (χ2n) is 8.67. The number of carbonyl (C=O) groups excluding carboxylic acids is 1. The van der Waals surface area contributed by atoms with Gasteiger partial charge in [0.1, 0.15) is 11.4 Å². The van der Waals surface area contributed by atoms with E-state index in [1.54, 1.807) is 0 Å². The fourth-order valence-corrected chi connectivity index (χ4v) is 5.41. The highest BCUT2D eigenvalue weighted by Gasteiger charge is 2.29. The van der Waals surface area contributed by atoms with Crippen LogP contribution in [-0.4, -0.2) is 25.4 Å². The number of anilines is 1. The molecule has 7 nitrogen and oxygen atoms in total. The number of amides is 1. The molecular formula is C24H26FN3O4S. The van der Waals surface area contributed by atoms with Crippen LogP contribution < -0.4 is 15.5 Å². The molecule has 174 valence electrons. The van der Waals surface area contributed by atoms with E-state index in [2.05, 4.69) is 28.9 Å². The van der Waals surface area contributed by atoms with Gasteiger partial charge < -0.3 is 10.3 Å². The van der Waals surface area contributed by atoms with Gasteiger partial charge in [-0.05, 0) is 48.6 Å². The van der Waals surface area contributed by atoms with E-state index < -0.39 is 27.2 Å². The lowest BCUT2D eigenvalue weighted by atomic mass is 9.78. The van der Waals surface area contributed by atoms with Gasteiger partial charge in [0.05, 0.1) is 10.6 Å². The number of benzene rings is 2. The number of carbonyl (C=O) groups is 1. The van der Waals surface area contributed by atoms with Crippen LogP contribution in [0.5, 0.6) is 0 Å². The van der Waals surface area contributed by atoms with Crippen molar-refractivity contribution in [1.82, 2.24) is 10.3 Å². The summed E-state index contributed by atoms with van der Waals surface area (Å²) in [5.41, 5.74) is -0.457. The quantitative estimate of drug-likeness (QED) is 0.522. The van der Waals surface area contributed by atoms with Crippen molar-refractivity contribution in [2.24, 2.45) is 11.8 Å². The fourth-order valence-electron chi connectivity index (χ4n) is 4.31. The number of H-pyrrole nitrogens is 1. The average molecular weight is 472 g/mol. The van der Waals surface area contributed by atoms with Crippen LogP contribution in [0.3, 0.4) is 0 Å². The minimum absolute atomic E-state index is 0.0203. The molecule has 2 aromatic carbocycles. The molecule has 3 aromatic rings. The van der Waals surface area contributed by atoms with Crippen molar-refractivity contribution in [3.05, 3.63) is 70.3 Å². The minimum Gasteiger partial charge on any atom is -0.360 e. The summed E-state index contributed by atoms with van der Waals surface area (Å²) in [7, 11) is -4.16. The molecule has 1 aliphatic rings. The highest BCUT2D eigenvalue weighted by molar-refractivity contribution is 7.92. The number of aromatic nitrogens is 1. The number of sulfonamides is 1. The lowest BCUT2D eigenvalue weighted by Gasteiger charge is -2.34. The van der Waals surface area contributed by atoms with E-state index in [9.17, 15) is 22.4 Å². The number of rotatable bonds is 5. The predicted molar refractivity (Wildman–Crippen MR) is 125 cm³/mol. The van der Waals surface area contributed by atoms with Crippen molar-refractivity contribution in [1.29, 1.82) is 0 Å². The first-order valence-corrected chi connectivity index (χ1v) is 12.4. The van der Waals surface area contributed by atoms with Crippen molar-refractivity contribution in [3.8, 4) is 0 Å². The first kappa shape index (κ1) is 23.0. The predicted octanol–water partition coefficient (Wildman–Crippen LogP) is 4.02. The van der Waals surface area contributed by atoms with Crippen LogP contribution in [0.15, 0.2) is 58.4 Å². The number of hydrogen-bond acceptors (Lipinski definition) is 4. The number of pyridine rings is 1. The standard InChI is InChI=1S/C24H26FN3O4S/c1-14-6-5-9-20(15(14)2)27-24(30)18-13-26-21-11-10-16(12-17(21)23(18)29)33(31,32)28-22-8-4-3-7-19(22)25/h3-4,7-8,10-15,20,28H,5-6,9H2,1-2H3,(H,26,29)(H,27,30)/t14-,15+,20+/m1/s1. The van der Waals surface area contributed by atoms with Gasteiger partial charge >= 0.3 is 0 Å². The van der Waals surface area contributed by atoms with Gasteiger partial charge in [-0.15, -0.1) is 0 Å². The third-order valence-corrected chi connectivity index (χ3v) is 7.91. The summed E-state index contributed by atoms with van der Waals surface area (Å²) in [4.78, 5) is 28.7. The highest BCUT2D eigenvalue weighted by atomic mass is 32.2. The molecule has 1 aliphatic carbocycles. The first-order valence-electron chi connectivity index (χ1n) is 10.9. The van der Waals surface area contributed by atoms with Crippen molar-refractivity contribution < 1.29 is 17.6 Å². The molecule has 0 saturated heterocycles. The Labute approximate surface area is 191 Å². The Morgan fingerprint density at radius 3 is 2.64 bits per heavy atom. The van der Waals surface area contributed by atoms with Crippen LogP contribution in [-0.2, 0) is 10.0 Å². The van der Waals surface area contributed by atoms with Gasteiger partial charge in [-0.2, -0.15) is 0 Å². The van der Waals surface area contributed by atoms with Crippen LogP contribution >= 0.6 is 0 Å². The summed E-state index contributed by atoms with van der Waals surface area (Å²) in [5.74, 6) is -0.427. The fraction of sp³-hybridized carbons (Fsp3) is 0.333. The molecule has 1 fully saturated rings. The van der Waals surface area contributed by atoms with Gasteiger partial charge in [0, 0.05) is 23.1 Å². The van der Waals surface area contributed by atoms with Crippen LogP contribution in [0.25, 0.3) is 10.9 Å². The van der Waals surface area contributed by atoms with Gasteiger partial charge in [-0.3, -0.25) is 14.3 Å². The molecule has 3 N–H and O–H groups in total. The molecule has 0 radical (unpaired) electrons. The Hall–Kier alpha value is -3.20. The SMILES string of the molecule is C[C@H]1[C@H](C)CCC[C@@H]1NC(=O)c1c[nH]c2ccc(S(=O)(=O)Nc3ccccc3F)cc2c1=O. The number of halogens is 1. The summed E-state index contributed by atoms with van der Waals surface area (Å²) in [5, 5.41) is 3.03. The summed E-state index contributed by atoms with van der Waals surface area (Å²) in [6.45, 7) is 4.25. The van der Waals surface area contributed by atoms with Gasteiger partial charge in [0.2, 0.25) is 5.43 Å². The molecule has 4 rings (SSSR count). The average Bonchev–Trinajstić information content (AvgIpc) is 2.78. The molecule has 0 aliphatic heterocycles. The lowest BCUT2D eigenvalue weighted by Crippen LogP contribution is -2.44. The Morgan fingerprint density at radius 2 is 1.88 bits per heavy atom. The highest BCUT2D eigenvalue weighted by Crippen LogP contribution is 2.29. The van der Waals surface area contributed by atoms with Gasteiger partial charge in [0.25, 0.3) is 15.9 Å². The normalized spacial score (nSPS) is 21.0. The molecule has 0 unspecified atom stereocenters. The van der Waals surface area contributed by atoms with Crippen molar-refractivity contribution in [2.75, 3.05) is 4.72 Å². The summed E-state index contributed by atoms with van der Waals surface area (Å²) < 4.78 is 41.7. The maximum absolute atomic E-state index is 13.9. The van der Waals surface area contributed by atoms with E-state index in [0.29, 0.717) is 17.4 Å². The summed E-state index contributed by atoms with van der Waals surface area (Å²) in [6, 6.07) is 9.32. The Bertz CT molecular complexity index is 1370. The van der Waals surface area contributed by atoms with Gasteiger partial charge in [0.15, 0.2) is 0 Å². The van der Waals surface area contributed by atoms with E-state index in [1.165, 1.54) is 42.6 Å². The topological polar surface area (TPSA) is 108 Å². The second kappa shape index (κ2) is 8.97. The van der Waals surface area contributed by atoms with E-state index in [1.807, 2.05) is 0 Å². The lowest BCUT2D eigenvalue weighted by molar-refractivity contribution is 0.0890. The van der Waals surface area contributed by atoms with Crippen LogP contribution in [0.2, 0.25) is 0 Å². The summed E-state index contributed by atoms with van der Waals surface area (Å²) >= 11 is 0. The molecule has 1 heterocycles. The number of aromatic amines is 1. The summed E-state index contributed by atoms with van der Waals surface area (Å²) in [6.07, 6.45) is 4.33. The van der Waals surface area contributed by atoms with E-state index in [-0.39, 0.29) is 27.6 Å². The van der Waals surface area contributed by atoms with Gasteiger partial charge in [-0.1, -0.05) is 38.8 Å². The zero-order chi connectivity index (χ0) is 23.8.